The Hall–Kier alpha value is -4.39. The molecule has 0 aliphatic carbocycles. The molecule has 1 aromatic heterocycles. The minimum absolute atomic E-state index is 0.00750. The Morgan fingerprint density at radius 2 is 1.74 bits per heavy atom. The van der Waals surface area contributed by atoms with E-state index < -0.39 is 39.0 Å². The first-order valence-electron chi connectivity index (χ1n) is 19.9. The molecule has 0 saturated carbocycles. The van der Waals surface area contributed by atoms with Crippen LogP contribution in [0.5, 0.6) is 0 Å². The average molecular weight is 831 g/mol. The maximum atomic E-state index is 15.4. The molecule has 5 heterocycles. The van der Waals surface area contributed by atoms with Crippen molar-refractivity contribution in [3.05, 3.63) is 65.6 Å². The van der Waals surface area contributed by atoms with Gasteiger partial charge in [0.15, 0.2) is 0 Å². The Kier molecular flexibility index (Phi) is 12.0. The van der Waals surface area contributed by atoms with Crippen LogP contribution in [-0.4, -0.2) is 97.7 Å². The summed E-state index contributed by atoms with van der Waals surface area (Å²) in [4.78, 5) is 37.4. The minimum atomic E-state index is -4.77. The van der Waals surface area contributed by atoms with Gasteiger partial charge >= 0.3 is 6.18 Å². The summed E-state index contributed by atoms with van der Waals surface area (Å²) in [7, 11) is -4.11. The zero-order valence-electron chi connectivity index (χ0n) is 32.6. The van der Waals surface area contributed by atoms with Gasteiger partial charge in [-0.15, -0.1) is 0 Å². The van der Waals surface area contributed by atoms with Crippen LogP contribution in [0.1, 0.15) is 75.8 Å². The summed E-state index contributed by atoms with van der Waals surface area (Å²) in [6, 6.07) is 11.0. The van der Waals surface area contributed by atoms with Crippen molar-refractivity contribution in [2.24, 2.45) is 11.8 Å². The number of amides is 2. The fourth-order valence-corrected chi connectivity index (χ4v) is 10.1. The van der Waals surface area contributed by atoms with Crippen LogP contribution in [0.25, 0.3) is 0 Å². The minimum Gasteiger partial charge on any atom is -0.388 e. The van der Waals surface area contributed by atoms with Gasteiger partial charge in [-0.25, -0.2) is 22.5 Å². The van der Waals surface area contributed by atoms with Crippen LogP contribution < -0.4 is 25.2 Å². The van der Waals surface area contributed by atoms with Crippen LogP contribution in [0.2, 0.25) is 0 Å². The molecule has 4 fully saturated rings. The molecule has 13 nitrogen and oxygen atoms in total. The van der Waals surface area contributed by atoms with Crippen molar-refractivity contribution in [1.29, 1.82) is 0 Å². The summed E-state index contributed by atoms with van der Waals surface area (Å²) < 4.78 is 86.7. The van der Waals surface area contributed by atoms with Crippen molar-refractivity contribution in [3.63, 3.8) is 0 Å². The number of nitrogens with one attached hydrogen (secondary N) is 3. The van der Waals surface area contributed by atoms with Gasteiger partial charge in [0.05, 0.1) is 22.1 Å². The first-order valence-corrected chi connectivity index (χ1v) is 21.3. The molecular formula is C40H50F4N8O5S. The molecular weight excluding hydrogens is 781 g/mol. The molecule has 58 heavy (non-hydrogen) atoms. The van der Waals surface area contributed by atoms with E-state index in [2.05, 4.69) is 35.1 Å². The Morgan fingerprint density at radius 1 is 1.00 bits per heavy atom. The lowest BCUT2D eigenvalue weighted by Crippen LogP contribution is -2.51. The summed E-state index contributed by atoms with van der Waals surface area (Å²) in [6.45, 7) is 7.83. The largest absolute Gasteiger partial charge is 0.421 e. The van der Waals surface area contributed by atoms with E-state index in [9.17, 15) is 36.3 Å². The Morgan fingerprint density at radius 3 is 2.40 bits per heavy atom. The standard InChI is InChI=1S/C40H50F4N8O5S/c1-25-22-50(23-26-12-18-51(19-13-26)28-6-4-27(5-7-28)30-9-11-35(53)47-37(30)54)17-14-33(25)49-58(56,57)29-8-10-34(32(41)20-29)46-38-45-21-31(40(42,43)44)36(48-38)52-16-3-15-39(2,55)24-52/h4-8,10,20-21,25-26,30,33,49,55H,3,9,11-19,22-24H2,1-2H3,(H,45,46,48)(H,47,53,54)/t25-,30?,33+,39-/m0/s1. The highest BCUT2D eigenvalue weighted by molar-refractivity contribution is 7.89. The van der Waals surface area contributed by atoms with Gasteiger partial charge in [0.2, 0.25) is 27.8 Å². The highest BCUT2D eigenvalue weighted by atomic mass is 32.2. The first-order chi connectivity index (χ1) is 27.4. The lowest BCUT2D eigenvalue weighted by atomic mass is 9.90. The van der Waals surface area contributed by atoms with Gasteiger partial charge in [0, 0.05) is 63.6 Å². The number of hydrogen-bond acceptors (Lipinski definition) is 11. The fraction of sp³-hybridized carbons (Fsp3) is 0.550. The molecule has 4 atom stereocenters. The normalized spacial score (nSPS) is 25.5. The van der Waals surface area contributed by atoms with E-state index in [1.165, 1.54) is 17.0 Å². The Bertz CT molecular complexity index is 2100. The van der Waals surface area contributed by atoms with Crippen molar-refractivity contribution in [2.75, 3.05) is 60.9 Å². The topological polar surface area (TPSA) is 160 Å². The lowest BCUT2D eigenvalue weighted by molar-refractivity contribution is -0.138. The van der Waals surface area contributed by atoms with Gasteiger partial charge in [-0.3, -0.25) is 14.9 Å². The number of carbonyl (C=O) groups excluding carboxylic acids is 2. The molecule has 2 amide bonds. The molecule has 4 aliphatic rings. The highest BCUT2D eigenvalue weighted by Crippen LogP contribution is 2.38. The van der Waals surface area contributed by atoms with Gasteiger partial charge < -0.3 is 25.1 Å². The SMILES string of the molecule is C[C@H]1CN(CC2CCN(c3ccc(C4CCC(=O)NC4=O)cc3)CC2)CC[C@H]1NS(=O)(=O)c1ccc(Nc2ncc(C(F)(F)F)c(N3CCC[C@](C)(O)C3)n2)c(F)c1. The van der Waals surface area contributed by atoms with Crippen molar-refractivity contribution in [3.8, 4) is 0 Å². The number of halogens is 4. The van der Waals surface area contributed by atoms with Crippen molar-refractivity contribution in [2.45, 2.75) is 87.4 Å². The number of benzene rings is 2. The third kappa shape index (κ3) is 9.72. The van der Waals surface area contributed by atoms with Gasteiger partial charge in [0.1, 0.15) is 17.2 Å². The molecule has 0 radical (unpaired) electrons. The number of aliphatic hydroxyl groups is 1. The third-order valence-electron chi connectivity index (χ3n) is 11.9. The average Bonchev–Trinajstić information content (AvgIpc) is 3.16. The van der Waals surface area contributed by atoms with E-state index in [1.54, 1.807) is 6.92 Å². The van der Waals surface area contributed by atoms with Crippen LogP contribution in [0.4, 0.5) is 40.7 Å². The Balaban J connectivity index is 0.903. The van der Waals surface area contributed by atoms with E-state index in [4.69, 9.17) is 0 Å². The summed E-state index contributed by atoms with van der Waals surface area (Å²) in [5.41, 5.74) is -0.496. The zero-order valence-corrected chi connectivity index (χ0v) is 33.4. The first kappa shape index (κ1) is 41.8. The lowest BCUT2D eigenvalue weighted by Gasteiger charge is -2.40. The van der Waals surface area contributed by atoms with Crippen LogP contribution in [0.3, 0.4) is 0 Å². The van der Waals surface area contributed by atoms with Crippen LogP contribution >= 0.6 is 0 Å². The van der Waals surface area contributed by atoms with E-state index in [0.29, 0.717) is 57.3 Å². The Labute approximate surface area is 335 Å². The number of likely N-dealkylation sites (tertiary alicyclic amines) is 1. The number of sulfonamides is 1. The fourth-order valence-electron chi connectivity index (χ4n) is 8.67. The molecule has 314 valence electrons. The van der Waals surface area contributed by atoms with Crippen LogP contribution in [0, 0.1) is 17.7 Å². The van der Waals surface area contributed by atoms with Crippen LogP contribution in [-0.2, 0) is 25.8 Å². The molecule has 0 spiro atoms. The molecule has 1 unspecified atom stereocenters. The van der Waals surface area contributed by atoms with Crippen molar-refractivity contribution < 1.29 is 40.7 Å². The number of aromatic nitrogens is 2. The molecule has 3 aromatic rings. The number of carbonyl (C=O) groups is 2. The molecule has 7 rings (SSSR count). The van der Waals surface area contributed by atoms with E-state index in [0.717, 1.165) is 49.8 Å². The number of hydrogen-bond donors (Lipinski definition) is 4. The molecule has 2 aromatic carbocycles. The zero-order chi connectivity index (χ0) is 41.4. The predicted octanol–water partition coefficient (Wildman–Crippen LogP) is 5.15. The molecule has 4 saturated heterocycles. The summed E-state index contributed by atoms with van der Waals surface area (Å²) in [5, 5.41) is 15.5. The molecule has 0 bridgehead atoms. The van der Waals surface area contributed by atoms with Gasteiger partial charge in [0.25, 0.3) is 0 Å². The monoisotopic (exact) mass is 830 g/mol. The third-order valence-corrected chi connectivity index (χ3v) is 13.4. The molecule has 18 heteroatoms. The number of β-amino-alcohol motifs (C(OH)–C–C–N with tert-alkyl or cyclic N) is 1. The number of nitrogens with zero attached hydrogens (tertiary/aromatic N) is 5. The van der Waals surface area contributed by atoms with Crippen LogP contribution in [0.15, 0.2) is 53.6 Å². The smallest absolute Gasteiger partial charge is 0.388 e. The number of alkyl halides is 3. The number of imide groups is 1. The van der Waals surface area contributed by atoms with E-state index in [-0.39, 0.29) is 59.3 Å². The molecule has 4 N–H and O–H groups in total. The maximum absolute atomic E-state index is 15.4. The second-order valence-electron chi connectivity index (χ2n) is 16.5. The number of rotatable bonds is 10. The van der Waals surface area contributed by atoms with Crippen molar-refractivity contribution >= 4 is 45.0 Å². The quantitative estimate of drug-likeness (QED) is 0.158. The second kappa shape index (κ2) is 16.7. The van der Waals surface area contributed by atoms with E-state index in [1.807, 2.05) is 31.2 Å². The summed E-state index contributed by atoms with van der Waals surface area (Å²) in [5.74, 6) is -1.99. The van der Waals surface area contributed by atoms with Gasteiger partial charge in [-0.2, -0.15) is 18.2 Å². The molecule has 4 aliphatic heterocycles. The second-order valence-corrected chi connectivity index (χ2v) is 18.2. The highest BCUT2D eigenvalue weighted by Gasteiger charge is 2.40. The summed E-state index contributed by atoms with van der Waals surface area (Å²) >= 11 is 0. The van der Waals surface area contributed by atoms with Gasteiger partial charge in [-0.1, -0.05) is 19.1 Å². The van der Waals surface area contributed by atoms with E-state index >= 15 is 4.39 Å². The summed E-state index contributed by atoms with van der Waals surface area (Å²) in [6.07, 6.45) is 0.192. The number of anilines is 4. The van der Waals surface area contributed by atoms with Crippen molar-refractivity contribution in [1.82, 2.24) is 24.9 Å². The number of piperidine rings is 4. The predicted molar refractivity (Wildman–Crippen MR) is 210 cm³/mol. The maximum Gasteiger partial charge on any atom is 0.421 e. The van der Waals surface area contributed by atoms with Gasteiger partial charge in [-0.05, 0) is 99.7 Å².